The normalized spacial score (nSPS) is 30.0. The fourth-order valence-corrected chi connectivity index (χ4v) is 2.22. The van der Waals surface area contributed by atoms with E-state index in [4.69, 9.17) is 9.47 Å². The summed E-state index contributed by atoms with van der Waals surface area (Å²) < 4.78 is 11.8. The highest BCUT2D eigenvalue weighted by Crippen LogP contribution is 2.18. The van der Waals surface area contributed by atoms with Crippen molar-refractivity contribution in [3.05, 3.63) is 0 Å². The highest BCUT2D eigenvalue weighted by Gasteiger charge is 2.30. The van der Waals surface area contributed by atoms with Crippen LogP contribution in [0.1, 0.15) is 41.5 Å². The zero-order chi connectivity index (χ0) is 12.3. The van der Waals surface area contributed by atoms with Crippen molar-refractivity contribution < 1.29 is 9.47 Å². The number of ether oxygens (including phenoxy) is 2. The van der Waals surface area contributed by atoms with Gasteiger partial charge in [-0.25, -0.2) is 0 Å². The lowest BCUT2D eigenvalue weighted by Crippen LogP contribution is -2.53. The number of nitrogens with zero attached hydrogens (tertiary/aromatic N) is 1. The van der Waals surface area contributed by atoms with Gasteiger partial charge >= 0.3 is 0 Å². The molecule has 96 valence electrons. The first kappa shape index (κ1) is 13.9. The molecule has 1 aliphatic rings. The van der Waals surface area contributed by atoms with E-state index in [1.165, 1.54) is 0 Å². The molecule has 0 amide bonds. The van der Waals surface area contributed by atoms with Gasteiger partial charge in [-0.3, -0.25) is 4.90 Å². The van der Waals surface area contributed by atoms with Crippen LogP contribution in [0.25, 0.3) is 0 Å². The van der Waals surface area contributed by atoms with Crippen molar-refractivity contribution >= 4 is 0 Å². The minimum absolute atomic E-state index is 0.170. The summed E-state index contributed by atoms with van der Waals surface area (Å²) in [6.07, 6.45) is 0.945. The second-order valence-electron chi connectivity index (χ2n) is 5.42. The van der Waals surface area contributed by atoms with Gasteiger partial charge in [0.05, 0.1) is 24.4 Å². The third-order valence-corrected chi connectivity index (χ3v) is 3.05. The van der Waals surface area contributed by atoms with Crippen LogP contribution in [0.5, 0.6) is 0 Å². The molecular weight excluding hydrogens is 202 g/mol. The maximum Gasteiger partial charge on any atom is 0.0964 e. The predicted molar refractivity (Wildman–Crippen MR) is 66.7 cm³/mol. The van der Waals surface area contributed by atoms with Crippen LogP contribution in [0, 0.1) is 0 Å². The van der Waals surface area contributed by atoms with E-state index in [1.54, 1.807) is 0 Å². The molecule has 0 N–H and O–H groups in total. The van der Waals surface area contributed by atoms with Gasteiger partial charge < -0.3 is 9.47 Å². The van der Waals surface area contributed by atoms with E-state index in [2.05, 4.69) is 46.4 Å². The highest BCUT2D eigenvalue weighted by molar-refractivity contribution is 4.81. The summed E-state index contributed by atoms with van der Waals surface area (Å²) in [5.41, 5.74) is 0. The smallest absolute Gasteiger partial charge is 0.0964 e. The van der Waals surface area contributed by atoms with Gasteiger partial charge in [0.25, 0.3) is 0 Å². The van der Waals surface area contributed by atoms with E-state index in [9.17, 15) is 0 Å². The molecule has 0 radical (unpaired) electrons. The summed E-state index contributed by atoms with van der Waals surface area (Å²) >= 11 is 0. The lowest BCUT2D eigenvalue weighted by atomic mass is 10.1. The second-order valence-corrected chi connectivity index (χ2v) is 5.42. The Balaban J connectivity index is 2.52. The lowest BCUT2D eigenvalue weighted by molar-refractivity contribution is -0.149. The molecule has 1 fully saturated rings. The molecule has 0 aliphatic carbocycles. The lowest BCUT2D eigenvalue weighted by Gasteiger charge is -2.41. The third-order valence-electron chi connectivity index (χ3n) is 3.05. The van der Waals surface area contributed by atoms with Crippen molar-refractivity contribution in [1.29, 1.82) is 0 Å². The van der Waals surface area contributed by atoms with Gasteiger partial charge in [-0.1, -0.05) is 0 Å². The molecule has 1 heterocycles. The quantitative estimate of drug-likeness (QED) is 0.738. The Morgan fingerprint density at radius 2 is 1.75 bits per heavy atom. The Labute approximate surface area is 100 Å². The summed E-state index contributed by atoms with van der Waals surface area (Å²) in [6, 6.07) is 0.583. The molecular formula is C13H27NO2. The van der Waals surface area contributed by atoms with Crippen molar-refractivity contribution in [2.24, 2.45) is 0 Å². The first-order valence-electron chi connectivity index (χ1n) is 6.45. The Hall–Kier alpha value is -0.120. The summed E-state index contributed by atoms with van der Waals surface area (Å²) in [6.45, 7) is 14.9. The second kappa shape index (κ2) is 5.99. The monoisotopic (exact) mass is 229 g/mol. The highest BCUT2D eigenvalue weighted by atomic mass is 16.6. The molecule has 0 bridgehead atoms. The van der Waals surface area contributed by atoms with Crippen molar-refractivity contribution in [3.63, 3.8) is 0 Å². The molecule has 0 aromatic carbocycles. The van der Waals surface area contributed by atoms with Crippen LogP contribution in [-0.4, -0.2) is 48.4 Å². The van der Waals surface area contributed by atoms with Crippen molar-refractivity contribution in [1.82, 2.24) is 4.90 Å². The van der Waals surface area contributed by atoms with E-state index in [1.807, 2.05) is 0 Å². The van der Waals surface area contributed by atoms with Crippen LogP contribution >= 0.6 is 0 Å². The molecule has 1 aliphatic heterocycles. The molecule has 1 saturated heterocycles. The van der Waals surface area contributed by atoms with Crippen LogP contribution in [0.4, 0.5) is 0 Å². The first-order chi connectivity index (χ1) is 7.40. The van der Waals surface area contributed by atoms with Crippen molar-refractivity contribution in [3.8, 4) is 0 Å². The SMILES string of the molecule is CC(C)O[C@H](C)C1CN(C(C)C)C[C@H](C)O1. The average Bonchev–Trinajstić information content (AvgIpc) is 2.15. The van der Waals surface area contributed by atoms with E-state index in [-0.39, 0.29) is 18.3 Å². The molecule has 0 aromatic heterocycles. The molecule has 1 rings (SSSR count). The van der Waals surface area contributed by atoms with Crippen LogP contribution in [0.3, 0.4) is 0 Å². The van der Waals surface area contributed by atoms with Crippen LogP contribution in [0.2, 0.25) is 0 Å². The minimum atomic E-state index is 0.170. The molecule has 3 atom stereocenters. The Bertz CT molecular complexity index is 206. The molecule has 3 heteroatoms. The molecule has 0 aromatic rings. The maximum absolute atomic E-state index is 5.96. The number of hydrogen-bond donors (Lipinski definition) is 0. The Morgan fingerprint density at radius 3 is 2.25 bits per heavy atom. The van der Waals surface area contributed by atoms with Crippen LogP contribution < -0.4 is 0 Å². The number of hydrogen-bond acceptors (Lipinski definition) is 3. The third kappa shape index (κ3) is 4.04. The van der Waals surface area contributed by atoms with Gasteiger partial charge in [-0.05, 0) is 41.5 Å². The predicted octanol–water partition coefficient (Wildman–Crippen LogP) is 2.30. The van der Waals surface area contributed by atoms with Crippen molar-refractivity contribution in [2.75, 3.05) is 13.1 Å². The minimum Gasteiger partial charge on any atom is -0.373 e. The van der Waals surface area contributed by atoms with Gasteiger partial charge in [0.15, 0.2) is 0 Å². The van der Waals surface area contributed by atoms with Crippen LogP contribution in [-0.2, 0) is 9.47 Å². The zero-order valence-corrected chi connectivity index (χ0v) is 11.6. The van der Waals surface area contributed by atoms with Gasteiger partial charge in [-0.2, -0.15) is 0 Å². The molecule has 3 nitrogen and oxygen atoms in total. The summed E-state index contributed by atoms with van der Waals surface area (Å²) in [5.74, 6) is 0. The van der Waals surface area contributed by atoms with E-state index >= 15 is 0 Å². The molecule has 16 heavy (non-hydrogen) atoms. The Kier molecular flexibility index (Phi) is 5.22. The topological polar surface area (TPSA) is 21.7 Å². The molecule has 0 saturated carbocycles. The fraction of sp³-hybridized carbons (Fsp3) is 1.00. The van der Waals surface area contributed by atoms with Gasteiger partial charge in [0, 0.05) is 19.1 Å². The number of morpholine rings is 1. The van der Waals surface area contributed by atoms with Crippen molar-refractivity contribution in [2.45, 2.75) is 72.0 Å². The summed E-state index contributed by atoms with van der Waals surface area (Å²) in [7, 11) is 0. The molecule has 1 unspecified atom stereocenters. The fourth-order valence-electron chi connectivity index (χ4n) is 2.22. The Morgan fingerprint density at radius 1 is 1.12 bits per heavy atom. The zero-order valence-electron chi connectivity index (χ0n) is 11.6. The largest absolute Gasteiger partial charge is 0.373 e. The van der Waals surface area contributed by atoms with Gasteiger partial charge in [0.2, 0.25) is 0 Å². The average molecular weight is 229 g/mol. The number of rotatable bonds is 4. The van der Waals surface area contributed by atoms with E-state index in [0.717, 1.165) is 13.1 Å². The summed E-state index contributed by atoms with van der Waals surface area (Å²) in [4.78, 5) is 2.47. The summed E-state index contributed by atoms with van der Waals surface area (Å²) in [5, 5.41) is 0. The van der Waals surface area contributed by atoms with Gasteiger partial charge in [-0.15, -0.1) is 0 Å². The molecule has 0 spiro atoms. The van der Waals surface area contributed by atoms with Gasteiger partial charge in [0.1, 0.15) is 0 Å². The standard InChI is InChI=1S/C13H27NO2/c1-9(2)14-7-11(5)16-13(8-14)12(6)15-10(3)4/h9-13H,7-8H2,1-6H3/t11-,12+,13?/m0/s1. The van der Waals surface area contributed by atoms with Crippen LogP contribution in [0.15, 0.2) is 0 Å². The maximum atomic E-state index is 5.96. The van der Waals surface area contributed by atoms with E-state index < -0.39 is 0 Å². The van der Waals surface area contributed by atoms with E-state index in [0.29, 0.717) is 12.1 Å². The first-order valence-corrected chi connectivity index (χ1v) is 6.45.